The summed E-state index contributed by atoms with van der Waals surface area (Å²) in [4.78, 5) is 25.0. The van der Waals surface area contributed by atoms with E-state index in [1.54, 1.807) is 30.3 Å². The molecule has 1 heterocycles. The average molecular weight is 368 g/mol. The van der Waals surface area contributed by atoms with E-state index in [1.165, 1.54) is 11.8 Å². The fourth-order valence-corrected chi connectivity index (χ4v) is 3.19. The number of nitrogens with zero attached hydrogens (tertiary/aromatic N) is 1. The lowest BCUT2D eigenvalue weighted by Gasteiger charge is -2.10. The Bertz CT molecular complexity index is 876. The number of para-hydroxylation sites is 1. The Morgan fingerprint density at radius 2 is 2.12 bits per heavy atom. The van der Waals surface area contributed by atoms with Crippen LogP contribution in [-0.4, -0.2) is 30.8 Å². The fraction of sp³-hybridized carbons (Fsp3) is 0.211. The number of anilines is 1. The van der Waals surface area contributed by atoms with Crippen molar-refractivity contribution in [1.82, 2.24) is 0 Å². The summed E-state index contributed by atoms with van der Waals surface area (Å²) in [5.41, 5.74) is 1.95. The largest absolute Gasteiger partial charge is 0.493 e. The van der Waals surface area contributed by atoms with Gasteiger partial charge in [-0.1, -0.05) is 12.1 Å². The molecular formula is C19H16N2O4S. The lowest BCUT2D eigenvalue weighted by molar-refractivity contribution is -0.119. The molecule has 0 saturated carbocycles. The van der Waals surface area contributed by atoms with Crippen molar-refractivity contribution in [2.24, 2.45) is 0 Å². The van der Waals surface area contributed by atoms with Crippen LogP contribution in [0.5, 0.6) is 5.75 Å². The minimum absolute atomic E-state index is 0.282. The van der Waals surface area contributed by atoms with Gasteiger partial charge in [-0.05, 0) is 35.9 Å². The van der Waals surface area contributed by atoms with Crippen LogP contribution in [0.4, 0.5) is 5.69 Å². The van der Waals surface area contributed by atoms with Gasteiger partial charge >= 0.3 is 5.97 Å². The molecule has 1 aliphatic heterocycles. The third kappa shape index (κ3) is 4.35. The van der Waals surface area contributed by atoms with Gasteiger partial charge in [0.2, 0.25) is 0 Å². The van der Waals surface area contributed by atoms with Gasteiger partial charge in [0.15, 0.2) is 6.61 Å². The molecule has 0 atom stereocenters. The van der Waals surface area contributed by atoms with E-state index in [0.29, 0.717) is 17.9 Å². The summed E-state index contributed by atoms with van der Waals surface area (Å²) >= 11 is 1.33. The highest BCUT2D eigenvalue weighted by Crippen LogP contribution is 2.27. The van der Waals surface area contributed by atoms with Crippen LogP contribution in [-0.2, 0) is 16.0 Å². The van der Waals surface area contributed by atoms with Crippen LogP contribution in [0.3, 0.4) is 0 Å². The van der Waals surface area contributed by atoms with Crippen LogP contribution in [0.15, 0.2) is 47.4 Å². The van der Waals surface area contributed by atoms with Crippen molar-refractivity contribution in [2.75, 3.05) is 24.3 Å². The standard InChI is InChI=1S/C19H16N2O4S/c20-8-10-26-17-4-2-1-3-15(17)21-18(22)12-25-19(23)14-5-6-16-13(11-14)7-9-24-16/h1-6,11H,7,9-10,12H2,(H,21,22). The molecule has 132 valence electrons. The number of carbonyl (C=O) groups is 2. The first kappa shape index (κ1) is 17.8. The maximum atomic E-state index is 12.1. The van der Waals surface area contributed by atoms with Crippen molar-refractivity contribution >= 4 is 29.3 Å². The summed E-state index contributed by atoms with van der Waals surface area (Å²) in [6.45, 7) is 0.225. The molecule has 0 unspecified atom stereocenters. The molecule has 0 radical (unpaired) electrons. The molecule has 0 spiro atoms. The van der Waals surface area contributed by atoms with Crippen LogP contribution < -0.4 is 10.1 Å². The number of nitriles is 1. The zero-order valence-corrected chi connectivity index (χ0v) is 14.7. The number of benzene rings is 2. The van der Waals surface area contributed by atoms with Gasteiger partial charge in [-0.3, -0.25) is 4.79 Å². The molecule has 0 saturated heterocycles. The van der Waals surface area contributed by atoms with Gasteiger partial charge in [-0.25, -0.2) is 4.79 Å². The number of amides is 1. The van der Waals surface area contributed by atoms with Gasteiger partial charge in [0.25, 0.3) is 5.91 Å². The van der Waals surface area contributed by atoms with Crippen LogP contribution in [0.25, 0.3) is 0 Å². The predicted octanol–water partition coefficient (Wildman–Crippen LogP) is 3.03. The van der Waals surface area contributed by atoms with Crippen molar-refractivity contribution in [2.45, 2.75) is 11.3 Å². The SMILES string of the molecule is N#CCSc1ccccc1NC(=O)COC(=O)c1ccc2c(c1)CCO2. The molecular weight excluding hydrogens is 352 g/mol. The number of hydrogen-bond acceptors (Lipinski definition) is 6. The number of fused-ring (bicyclic) bond motifs is 1. The second-order valence-electron chi connectivity index (χ2n) is 5.49. The van der Waals surface area contributed by atoms with E-state index in [2.05, 4.69) is 5.32 Å². The predicted molar refractivity (Wildman–Crippen MR) is 97.3 cm³/mol. The van der Waals surface area contributed by atoms with E-state index in [0.717, 1.165) is 22.6 Å². The molecule has 26 heavy (non-hydrogen) atoms. The summed E-state index contributed by atoms with van der Waals surface area (Å²) in [5.74, 6) is 0.0739. The van der Waals surface area contributed by atoms with E-state index in [4.69, 9.17) is 14.7 Å². The van der Waals surface area contributed by atoms with Gasteiger partial charge in [0.05, 0.1) is 29.7 Å². The molecule has 7 heteroatoms. The maximum absolute atomic E-state index is 12.1. The molecule has 0 aliphatic carbocycles. The fourth-order valence-electron chi connectivity index (χ4n) is 2.52. The summed E-state index contributed by atoms with van der Waals surface area (Å²) in [5, 5.41) is 11.4. The molecule has 6 nitrogen and oxygen atoms in total. The van der Waals surface area contributed by atoms with E-state index in [9.17, 15) is 9.59 Å². The van der Waals surface area contributed by atoms with Crippen molar-refractivity contribution in [1.29, 1.82) is 5.26 Å². The van der Waals surface area contributed by atoms with Crippen LogP contribution in [0.1, 0.15) is 15.9 Å². The molecule has 1 amide bonds. The molecule has 1 aliphatic rings. The average Bonchev–Trinajstić information content (AvgIpc) is 3.13. The quantitative estimate of drug-likeness (QED) is 0.623. The van der Waals surface area contributed by atoms with Crippen molar-refractivity contribution < 1.29 is 19.1 Å². The Balaban J connectivity index is 1.56. The maximum Gasteiger partial charge on any atom is 0.338 e. The number of thioether (sulfide) groups is 1. The van der Waals surface area contributed by atoms with Gasteiger partial charge in [0.1, 0.15) is 5.75 Å². The topological polar surface area (TPSA) is 88.4 Å². The summed E-state index contributed by atoms with van der Waals surface area (Å²) < 4.78 is 10.5. The lowest BCUT2D eigenvalue weighted by atomic mass is 10.1. The number of rotatable bonds is 6. The van der Waals surface area contributed by atoms with Crippen LogP contribution in [0.2, 0.25) is 0 Å². The number of carbonyl (C=O) groups excluding carboxylic acids is 2. The summed E-state index contributed by atoms with van der Waals surface area (Å²) in [6.07, 6.45) is 0.758. The number of esters is 1. The van der Waals surface area contributed by atoms with Crippen LogP contribution in [0, 0.1) is 11.3 Å². The molecule has 0 fully saturated rings. The molecule has 1 N–H and O–H groups in total. The number of nitrogens with one attached hydrogen (secondary N) is 1. The van der Waals surface area contributed by atoms with E-state index < -0.39 is 11.9 Å². The highest BCUT2D eigenvalue weighted by molar-refractivity contribution is 7.99. The third-order valence-corrected chi connectivity index (χ3v) is 4.65. The van der Waals surface area contributed by atoms with E-state index in [1.807, 2.05) is 18.2 Å². The number of ether oxygens (including phenoxy) is 2. The van der Waals surface area contributed by atoms with Gasteiger partial charge in [-0.2, -0.15) is 5.26 Å². The summed E-state index contributed by atoms with van der Waals surface area (Å²) in [6, 6.07) is 14.3. The second-order valence-corrected chi connectivity index (χ2v) is 6.51. The zero-order chi connectivity index (χ0) is 18.4. The first-order chi connectivity index (χ1) is 12.7. The zero-order valence-electron chi connectivity index (χ0n) is 13.9. The highest BCUT2D eigenvalue weighted by Gasteiger charge is 2.17. The first-order valence-corrected chi connectivity index (χ1v) is 8.97. The van der Waals surface area contributed by atoms with E-state index in [-0.39, 0.29) is 12.4 Å². The van der Waals surface area contributed by atoms with Gasteiger partial charge < -0.3 is 14.8 Å². The molecule has 3 rings (SSSR count). The number of hydrogen-bond donors (Lipinski definition) is 1. The first-order valence-electron chi connectivity index (χ1n) is 7.99. The van der Waals surface area contributed by atoms with Crippen molar-refractivity contribution in [3.05, 3.63) is 53.6 Å². The van der Waals surface area contributed by atoms with Gasteiger partial charge in [-0.15, -0.1) is 11.8 Å². The monoisotopic (exact) mass is 368 g/mol. The summed E-state index contributed by atoms with van der Waals surface area (Å²) in [7, 11) is 0. The second kappa shape index (κ2) is 8.41. The molecule has 0 aromatic heterocycles. The Morgan fingerprint density at radius 3 is 2.96 bits per heavy atom. The Hall–Kier alpha value is -2.98. The molecule has 0 bridgehead atoms. The minimum atomic E-state index is -0.554. The smallest absolute Gasteiger partial charge is 0.338 e. The van der Waals surface area contributed by atoms with Crippen molar-refractivity contribution in [3.63, 3.8) is 0 Å². The minimum Gasteiger partial charge on any atom is -0.493 e. The van der Waals surface area contributed by atoms with E-state index >= 15 is 0 Å². The lowest BCUT2D eigenvalue weighted by Crippen LogP contribution is -2.21. The Kier molecular flexibility index (Phi) is 5.77. The third-order valence-electron chi connectivity index (χ3n) is 3.71. The van der Waals surface area contributed by atoms with Crippen molar-refractivity contribution in [3.8, 4) is 11.8 Å². The highest BCUT2D eigenvalue weighted by atomic mass is 32.2. The molecule has 2 aromatic carbocycles. The van der Waals surface area contributed by atoms with Gasteiger partial charge in [0, 0.05) is 11.3 Å². The Labute approximate surface area is 155 Å². The Morgan fingerprint density at radius 1 is 1.27 bits per heavy atom. The normalized spacial score (nSPS) is 11.8. The molecule has 2 aromatic rings. The van der Waals surface area contributed by atoms with Crippen LogP contribution >= 0.6 is 11.8 Å².